The van der Waals surface area contributed by atoms with E-state index in [2.05, 4.69) is 38.2 Å². The predicted molar refractivity (Wildman–Crippen MR) is 93.0 cm³/mol. The first-order valence-electron chi connectivity index (χ1n) is 8.65. The van der Waals surface area contributed by atoms with Crippen LogP contribution >= 0.6 is 11.6 Å². The molecule has 1 saturated carbocycles. The van der Waals surface area contributed by atoms with Gasteiger partial charge in [0.05, 0.1) is 0 Å². The molecule has 1 aromatic rings. The van der Waals surface area contributed by atoms with Crippen LogP contribution in [0.1, 0.15) is 69.5 Å². The van der Waals surface area contributed by atoms with Crippen LogP contribution in [0.2, 0.25) is 5.02 Å². The fourth-order valence-corrected chi connectivity index (χ4v) is 3.96. The normalized spacial score (nSPS) is 24.0. The summed E-state index contributed by atoms with van der Waals surface area (Å²) < 4.78 is 0. The smallest absolute Gasteiger partial charge is 0.0409 e. The molecule has 2 heteroatoms. The van der Waals surface area contributed by atoms with E-state index in [-0.39, 0.29) is 0 Å². The van der Waals surface area contributed by atoms with Gasteiger partial charge in [0.2, 0.25) is 0 Å². The Hall–Kier alpha value is -0.530. The second-order valence-corrected chi connectivity index (χ2v) is 7.07. The van der Waals surface area contributed by atoms with E-state index < -0.39 is 0 Å². The molecule has 2 rings (SSSR count). The van der Waals surface area contributed by atoms with Gasteiger partial charge in [-0.3, -0.25) is 0 Å². The highest BCUT2D eigenvalue weighted by Gasteiger charge is 2.29. The number of hydrogen-bond donors (Lipinski definition) is 1. The van der Waals surface area contributed by atoms with Gasteiger partial charge < -0.3 is 5.32 Å². The molecule has 0 heterocycles. The van der Waals surface area contributed by atoms with Gasteiger partial charge in [-0.15, -0.1) is 0 Å². The zero-order valence-corrected chi connectivity index (χ0v) is 14.5. The average molecular weight is 308 g/mol. The van der Waals surface area contributed by atoms with Crippen molar-refractivity contribution in [2.24, 2.45) is 11.8 Å². The summed E-state index contributed by atoms with van der Waals surface area (Å²) in [6.07, 6.45) is 8.02. The molecule has 1 nitrogen and oxygen atoms in total. The van der Waals surface area contributed by atoms with Crippen molar-refractivity contribution in [1.29, 1.82) is 0 Å². The van der Waals surface area contributed by atoms with Crippen LogP contribution < -0.4 is 5.32 Å². The monoisotopic (exact) mass is 307 g/mol. The third-order valence-electron chi connectivity index (χ3n) is 5.06. The SMILES string of the molecule is CCCNC(c1cc(Cl)ccc1C)C1CCCC(CC)C1. The Labute approximate surface area is 135 Å². The zero-order valence-electron chi connectivity index (χ0n) is 13.8. The minimum atomic E-state index is 0.470. The van der Waals surface area contributed by atoms with E-state index in [0.29, 0.717) is 6.04 Å². The van der Waals surface area contributed by atoms with E-state index in [1.807, 2.05) is 6.07 Å². The number of hydrogen-bond acceptors (Lipinski definition) is 1. The van der Waals surface area contributed by atoms with Crippen molar-refractivity contribution in [1.82, 2.24) is 5.32 Å². The number of aryl methyl sites for hydroxylation is 1. The summed E-state index contributed by atoms with van der Waals surface area (Å²) in [5.74, 6) is 1.67. The third-order valence-corrected chi connectivity index (χ3v) is 5.30. The van der Waals surface area contributed by atoms with Crippen molar-refractivity contribution in [2.45, 2.75) is 65.3 Å². The Balaban J connectivity index is 2.22. The molecule has 1 N–H and O–H groups in total. The highest BCUT2D eigenvalue weighted by molar-refractivity contribution is 6.30. The van der Waals surface area contributed by atoms with Crippen LogP contribution in [0, 0.1) is 18.8 Å². The van der Waals surface area contributed by atoms with Gasteiger partial charge in [-0.2, -0.15) is 0 Å². The van der Waals surface area contributed by atoms with Crippen LogP contribution in [0.3, 0.4) is 0 Å². The Morgan fingerprint density at radius 3 is 2.81 bits per heavy atom. The van der Waals surface area contributed by atoms with Crippen molar-refractivity contribution in [3.8, 4) is 0 Å². The van der Waals surface area contributed by atoms with Gasteiger partial charge in [-0.25, -0.2) is 0 Å². The molecule has 0 bridgehead atoms. The molecule has 0 amide bonds. The summed E-state index contributed by atoms with van der Waals surface area (Å²) in [5, 5.41) is 4.67. The Kier molecular flexibility index (Phi) is 6.57. The first kappa shape index (κ1) is 16.8. The first-order valence-corrected chi connectivity index (χ1v) is 9.02. The van der Waals surface area contributed by atoms with Crippen LogP contribution in [0.15, 0.2) is 18.2 Å². The van der Waals surface area contributed by atoms with Gasteiger partial charge in [-0.1, -0.05) is 50.8 Å². The average Bonchev–Trinajstić information content (AvgIpc) is 2.51. The second kappa shape index (κ2) is 8.19. The molecular weight excluding hydrogens is 278 g/mol. The molecule has 3 atom stereocenters. The molecule has 1 fully saturated rings. The number of rotatable bonds is 6. The molecule has 0 spiro atoms. The number of nitrogens with one attached hydrogen (secondary N) is 1. The Bertz CT molecular complexity index is 443. The summed E-state index contributed by atoms with van der Waals surface area (Å²) in [4.78, 5) is 0. The molecular formula is C19H30ClN. The van der Waals surface area contributed by atoms with E-state index in [0.717, 1.165) is 23.4 Å². The maximum Gasteiger partial charge on any atom is 0.0409 e. The van der Waals surface area contributed by atoms with Gasteiger partial charge in [-0.05, 0) is 67.8 Å². The zero-order chi connectivity index (χ0) is 15.2. The van der Waals surface area contributed by atoms with Crippen molar-refractivity contribution < 1.29 is 0 Å². The van der Waals surface area contributed by atoms with Crippen LogP contribution in [0.25, 0.3) is 0 Å². The second-order valence-electron chi connectivity index (χ2n) is 6.63. The molecule has 0 aromatic heterocycles. The summed E-state index contributed by atoms with van der Waals surface area (Å²) in [5.41, 5.74) is 2.78. The molecule has 1 aliphatic rings. The molecule has 1 aliphatic carbocycles. The third kappa shape index (κ3) is 4.47. The topological polar surface area (TPSA) is 12.0 Å². The minimum absolute atomic E-state index is 0.470. The van der Waals surface area contributed by atoms with Gasteiger partial charge in [0.1, 0.15) is 0 Å². The lowest BCUT2D eigenvalue weighted by Gasteiger charge is -2.36. The van der Waals surface area contributed by atoms with Crippen molar-refractivity contribution in [3.05, 3.63) is 34.3 Å². The van der Waals surface area contributed by atoms with Crippen molar-refractivity contribution in [2.75, 3.05) is 6.54 Å². The largest absolute Gasteiger partial charge is 0.310 e. The maximum atomic E-state index is 6.26. The Morgan fingerprint density at radius 1 is 1.29 bits per heavy atom. The number of halogens is 1. The van der Waals surface area contributed by atoms with Crippen LogP contribution in [-0.4, -0.2) is 6.54 Å². The predicted octanol–water partition coefficient (Wildman–Crippen LogP) is 5.91. The standard InChI is InChI=1S/C19H30ClN/c1-4-11-21-19(16-8-6-7-15(5-2)12-16)18-13-17(20)10-9-14(18)3/h9-10,13,15-16,19,21H,4-8,11-12H2,1-3H3. The summed E-state index contributed by atoms with van der Waals surface area (Å²) in [7, 11) is 0. The van der Waals surface area contributed by atoms with E-state index in [9.17, 15) is 0 Å². The maximum absolute atomic E-state index is 6.26. The number of benzene rings is 1. The molecule has 0 radical (unpaired) electrons. The highest BCUT2D eigenvalue weighted by atomic mass is 35.5. The van der Waals surface area contributed by atoms with Gasteiger partial charge in [0, 0.05) is 11.1 Å². The summed E-state index contributed by atoms with van der Waals surface area (Å²) in [6.45, 7) is 7.88. The van der Waals surface area contributed by atoms with Gasteiger partial charge in [0.15, 0.2) is 0 Å². The van der Waals surface area contributed by atoms with Crippen LogP contribution in [0.4, 0.5) is 0 Å². The lowest BCUT2D eigenvalue weighted by atomic mass is 9.74. The molecule has 0 saturated heterocycles. The summed E-state index contributed by atoms with van der Waals surface area (Å²) >= 11 is 6.26. The van der Waals surface area contributed by atoms with E-state index >= 15 is 0 Å². The fraction of sp³-hybridized carbons (Fsp3) is 0.684. The molecule has 1 aromatic carbocycles. The van der Waals surface area contributed by atoms with Crippen molar-refractivity contribution >= 4 is 11.6 Å². The first-order chi connectivity index (χ1) is 10.2. The molecule has 3 unspecified atom stereocenters. The van der Waals surface area contributed by atoms with Crippen molar-refractivity contribution in [3.63, 3.8) is 0 Å². The quantitative estimate of drug-likeness (QED) is 0.689. The van der Waals surface area contributed by atoms with Crippen LogP contribution in [-0.2, 0) is 0 Å². The molecule has 0 aliphatic heterocycles. The highest BCUT2D eigenvalue weighted by Crippen LogP contribution is 2.39. The van der Waals surface area contributed by atoms with E-state index in [4.69, 9.17) is 11.6 Å². The minimum Gasteiger partial charge on any atom is -0.310 e. The molecule has 118 valence electrons. The Morgan fingerprint density at radius 2 is 2.10 bits per heavy atom. The van der Waals surface area contributed by atoms with E-state index in [1.165, 1.54) is 49.7 Å². The summed E-state index contributed by atoms with van der Waals surface area (Å²) in [6, 6.07) is 6.82. The lowest BCUT2D eigenvalue weighted by Crippen LogP contribution is -2.32. The fourth-order valence-electron chi connectivity index (χ4n) is 3.78. The van der Waals surface area contributed by atoms with Gasteiger partial charge >= 0.3 is 0 Å². The van der Waals surface area contributed by atoms with Gasteiger partial charge in [0.25, 0.3) is 0 Å². The molecule has 21 heavy (non-hydrogen) atoms. The van der Waals surface area contributed by atoms with E-state index in [1.54, 1.807) is 0 Å². The van der Waals surface area contributed by atoms with Crippen LogP contribution in [0.5, 0.6) is 0 Å². The lowest BCUT2D eigenvalue weighted by molar-refractivity contribution is 0.209.